The fourth-order valence-corrected chi connectivity index (χ4v) is 1.66. The van der Waals surface area contributed by atoms with Crippen molar-refractivity contribution < 1.29 is 13.6 Å². The van der Waals surface area contributed by atoms with Crippen molar-refractivity contribution in [3.05, 3.63) is 52.3 Å². The van der Waals surface area contributed by atoms with Crippen molar-refractivity contribution in [3.8, 4) is 0 Å². The van der Waals surface area contributed by atoms with Crippen LogP contribution in [0.25, 0.3) is 0 Å². The van der Waals surface area contributed by atoms with Crippen molar-refractivity contribution in [3.63, 3.8) is 0 Å². The second-order valence-corrected chi connectivity index (χ2v) is 4.07. The molecular weight excluding hydrogens is 262 g/mol. The van der Waals surface area contributed by atoms with Crippen LogP contribution < -0.4 is 0 Å². The molecule has 18 heavy (non-hydrogen) atoms. The molecule has 0 bridgehead atoms. The monoisotopic (exact) mass is 270 g/mol. The number of carbonyl (C=O) groups excluding carboxylic acids is 1. The summed E-state index contributed by atoms with van der Waals surface area (Å²) in [6.45, 7) is 2.44. The number of hydrogen-bond acceptors (Lipinski definition) is 2. The Morgan fingerprint density at radius 1 is 1.39 bits per heavy atom. The Balaban J connectivity index is 2.42. The number of aromatic nitrogens is 2. The van der Waals surface area contributed by atoms with Crippen molar-refractivity contribution in [2.24, 2.45) is 0 Å². The van der Waals surface area contributed by atoms with Gasteiger partial charge >= 0.3 is 0 Å². The predicted molar refractivity (Wildman–Crippen MR) is 62.7 cm³/mol. The normalized spacial score (nSPS) is 10.7. The molecule has 0 fully saturated rings. The maximum absolute atomic E-state index is 13.6. The first-order valence-electron chi connectivity index (χ1n) is 5.24. The van der Waals surface area contributed by atoms with Crippen molar-refractivity contribution >= 4 is 17.4 Å². The summed E-state index contributed by atoms with van der Waals surface area (Å²) in [7, 11) is 0. The summed E-state index contributed by atoms with van der Waals surface area (Å²) in [5, 5.41) is 3.55. The van der Waals surface area contributed by atoms with Gasteiger partial charge in [0.1, 0.15) is 11.6 Å². The lowest BCUT2D eigenvalue weighted by Gasteiger charge is -2.02. The van der Waals surface area contributed by atoms with Crippen LogP contribution in [-0.2, 0) is 6.54 Å². The number of benzene rings is 1. The third-order valence-electron chi connectivity index (χ3n) is 2.47. The fourth-order valence-electron chi connectivity index (χ4n) is 1.51. The van der Waals surface area contributed by atoms with E-state index in [1.54, 1.807) is 0 Å². The highest BCUT2D eigenvalue weighted by Gasteiger charge is 2.18. The quantitative estimate of drug-likeness (QED) is 0.635. The molecule has 0 amide bonds. The summed E-state index contributed by atoms with van der Waals surface area (Å²) in [6, 6.07) is 1.58. The third-order valence-corrected chi connectivity index (χ3v) is 2.76. The van der Waals surface area contributed by atoms with Crippen LogP contribution >= 0.6 is 11.6 Å². The van der Waals surface area contributed by atoms with Gasteiger partial charge in [-0.1, -0.05) is 11.6 Å². The van der Waals surface area contributed by atoms with Crippen molar-refractivity contribution in [1.82, 2.24) is 9.78 Å². The van der Waals surface area contributed by atoms with Crippen LogP contribution in [0.15, 0.2) is 24.5 Å². The van der Waals surface area contributed by atoms with Gasteiger partial charge in [-0.3, -0.25) is 9.48 Å². The molecule has 94 valence electrons. The lowest BCUT2D eigenvalue weighted by molar-refractivity contribution is 0.103. The Hall–Kier alpha value is -1.75. The zero-order valence-corrected chi connectivity index (χ0v) is 10.2. The second-order valence-electron chi connectivity index (χ2n) is 3.66. The number of aryl methyl sites for hydroxylation is 1. The Bertz CT molecular complexity index is 610. The van der Waals surface area contributed by atoms with Gasteiger partial charge in [0.25, 0.3) is 0 Å². The molecule has 1 heterocycles. The standard InChI is InChI=1S/C12H9ClF2N2O/c1-2-17-6-7(5-16-17)12(18)8-3-11(15)9(13)4-10(8)14/h3-6H,2H2,1H3. The highest BCUT2D eigenvalue weighted by Crippen LogP contribution is 2.21. The van der Waals surface area contributed by atoms with Gasteiger partial charge in [0.2, 0.25) is 0 Å². The average Bonchev–Trinajstić information content (AvgIpc) is 2.81. The number of halogens is 3. The van der Waals surface area contributed by atoms with E-state index in [4.69, 9.17) is 11.6 Å². The lowest BCUT2D eigenvalue weighted by atomic mass is 10.1. The van der Waals surface area contributed by atoms with Crippen molar-refractivity contribution in [1.29, 1.82) is 0 Å². The molecule has 0 atom stereocenters. The molecule has 0 aliphatic heterocycles. The SMILES string of the molecule is CCn1cc(C(=O)c2cc(F)c(Cl)cc2F)cn1. The van der Waals surface area contributed by atoms with Crippen molar-refractivity contribution in [2.75, 3.05) is 0 Å². The Kier molecular flexibility index (Phi) is 3.43. The van der Waals surface area contributed by atoms with Gasteiger partial charge in [0.15, 0.2) is 5.78 Å². The summed E-state index contributed by atoms with van der Waals surface area (Å²) in [5.74, 6) is -2.30. The van der Waals surface area contributed by atoms with Gasteiger partial charge in [-0.15, -0.1) is 0 Å². The van der Waals surface area contributed by atoms with Crippen LogP contribution in [0.5, 0.6) is 0 Å². The maximum Gasteiger partial charge on any atom is 0.199 e. The Morgan fingerprint density at radius 2 is 2.11 bits per heavy atom. The van der Waals surface area contributed by atoms with Crippen LogP contribution in [0.3, 0.4) is 0 Å². The minimum absolute atomic E-state index is 0.206. The molecule has 2 aromatic rings. The lowest BCUT2D eigenvalue weighted by Crippen LogP contribution is -2.04. The van der Waals surface area contributed by atoms with Gasteiger partial charge < -0.3 is 0 Å². The molecule has 1 aromatic carbocycles. The largest absolute Gasteiger partial charge is 0.288 e. The van der Waals surface area contributed by atoms with Crippen LogP contribution in [0.2, 0.25) is 5.02 Å². The molecule has 0 saturated heterocycles. The van der Waals surface area contributed by atoms with Gasteiger partial charge in [-0.25, -0.2) is 8.78 Å². The predicted octanol–water partition coefficient (Wildman–Crippen LogP) is 3.07. The van der Waals surface area contributed by atoms with Crippen LogP contribution in [0, 0.1) is 11.6 Å². The molecule has 0 unspecified atom stereocenters. The number of ketones is 1. The molecule has 0 radical (unpaired) electrons. The van der Waals surface area contributed by atoms with E-state index in [2.05, 4.69) is 5.10 Å². The minimum atomic E-state index is -0.851. The summed E-state index contributed by atoms with van der Waals surface area (Å²) in [4.78, 5) is 12.0. The zero-order valence-electron chi connectivity index (χ0n) is 9.45. The molecule has 1 aromatic heterocycles. The first-order valence-corrected chi connectivity index (χ1v) is 5.62. The number of carbonyl (C=O) groups is 1. The highest BCUT2D eigenvalue weighted by molar-refractivity contribution is 6.30. The zero-order chi connectivity index (χ0) is 13.3. The van der Waals surface area contributed by atoms with E-state index in [-0.39, 0.29) is 16.1 Å². The van der Waals surface area contributed by atoms with Crippen LogP contribution in [0.1, 0.15) is 22.8 Å². The molecule has 0 N–H and O–H groups in total. The van der Waals surface area contributed by atoms with Gasteiger partial charge in [-0.2, -0.15) is 5.10 Å². The number of nitrogens with zero attached hydrogens (tertiary/aromatic N) is 2. The van der Waals surface area contributed by atoms with Crippen LogP contribution in [0.4, 0.5) is 8.78 Å². The van der Waals surface area contributed by atoms with Crippen LogP contribution in [-0.4, -0.2) is 15.6 Å². The van der Waals surface area contributed by atoms with Crippen molar-refractivity contribution in [2.45, 2.75) is 13.5 Å². The van der Waals surface area contributed by atoms with Gasteiger partial charge in [0, 0.05) is 12.7 Å². The maximum atomic E-state index is 13.6. The number of hydrogen-bond donors (Lipinski definition) is 0. The molecule has 2 rings (SSSR count). The summed E-state index contributed by atoms with van der Waals surface area (Å²) in [5.41, 5.74) is -0.148. The van der Waals surface area contributed by atoms with E-state index < -0.39 is 17.4 Å². The first kappa shape index (κ1) is 12.7. The molecule has 0 saturated carbocycles. The van der Waals surface area contributed by atoms with E-state index >= 15 is 0 Å². The van der Waals surface area contributed by atoms with E-state index in [1.165, 1.54) is 17.1 Å². The van der Waals surface area contributed by atoms with Gasteiger partial charge in [0.05, 0.1) is 22.3 Å². The topological polar surface area (TPSA) is 34.9 Å². The minimum Gasteiger partial charge on any atom is -0.288 e. The smallest absolute Gasteiger partial charge is 0.199 e. The van der Waals surface area contributed by atoms with E-state index in [0.29, 0.717) is 6.54 Å². The second kappa shape index (κ2) is 4.86. The molecule has 3 nitrogen and oxygen atoms in total. The van der Waals surface area contributed by atoms with Gasteiger partial charge in [-0.05, 0) is 19.1 Å². The average molecular weight is 271 g/mol. The molecule has 0 aliphatic rings. The first-order chi connectivity index (χ1) is 8.52. The Labute approximate surface area is 107 Å². The fraction of sp³-hybridized carbons (Fsp3) is 0.167. The molecule has 0 aliphatic carbocycles. The Morgan fingerprint density at radius 3 is 2.72 bits per heavy atom. The third kappa shape index (κ3) is 2.26. The van der Waals surface area contributed by atoms with E-state index in [9.17, 15) is 13.6 Å². The summed E-state index contributed by atoms with van der Waals surface area (Å²) < 4.78 is 28.3. The molecule has 6 heteroatoms. The van der Waals surface area contributed by atoms with E-state index in [0.717, 1.165) is 12.1 Å². The molecule has 0 spiro atoms. The van der Waals surface area contributed by atoms with E-state index in [1.807, 2.05) is 6.92 Å². The summed E-state index contributed by atoms with van der Waals surface area (Å²) in [6.07, 6.45) is 2.80. The highest BCUT2D eigenvalue weighted by atomic mass is 35.5. The molecular formula is C12H9ClF2N2O. The number of rotatable bonds is 3. The summed E-state index contributed by atoms with van der Waals surface area (Å²) >= 11 is 5.42.